The SMILES string of the molecule is CC(C)C(NC(=O)C1OCCC1CNC(=O)OCC1c2ccccc2-c2ccccc21)C(=O)O. The van der Waals surface area contributed by atoms with Gasteiger partial charge in [0.05, 0.1) is 0 Å². The van der Waals surface area contributed by atoms with Crippen LogP contribution < -0.4 is 10.6 Å². The van der Waals surface area contributed by atoms with Gasteiger partial charge in [-0.2, -0.15) is 0 Å². The summed E-state index contributed by atoms with van der Waals surface area (Å²) < 4.78 is 11.1. The smallest absolute Gasteiger partial charge is 0.407 e. The molecule has 1 fully saturated rings. The second-order valence-electron chi connectivity index (χ2n) is 9.12. The average molecular weight is 467 g/mol. The molecule has 2 amide bonds. The zero-order valence-electron chi connectivity index (χ0n) is 19.3. The number of hydrogen-bond acceptors (Lipinski definition) is 5. The zero-order valence-corrected chi connectivity index (χ0v) is 19.3. The fraction of sp³-hybridized carbons (Fsp3) is 0.423. The summed E-state index contributed by atoms with van der Waals surface area (Å²) in [7, 11) is 0. The summed E-state index contributed by atoms with van der Waals surface area (Å²) in [6, 6.07) is 15.2. The van der Waals surface area contributed by atoms with Gasteiger partial charge in [-0.25, -0.2) is 9.59 Å². The number of carbonyl (C=O) groups excluding carboxylic acids is 2. The molecule has 1 saturated heterocycles. The number of nitrogens with one attached hydrogen (secondary N) is 2. The number of benzene rings is 2. The van der Waals surface area contributed by atoms with Crippen LogP contribution in [-0.4, -0.2) is 55.0 Å². The molecule has 4 rings (SSSR count). The third-order valence-electron chi connectivity index (χ3n) is 6.56. The predicted molar refractivity (Wildman–Crippen MR) is 125 cm³/mol. The van der Waals surface area contributed by atoms with Crippen molar-refractivity contribution in [2.75, 3.05) is 19.8 Å². The zero-order chi connectivity index (χ0) is 24.2. The molecule has 0 saturated carbocycles. The Bertz CT molecular complexity index is 1020. The van der Waals surface area contributed by atoms with Crippen molar-refractivity contribution in [3.8, 4) is 11.1 Å². The van der Waals surface area contributed by atoms with Crippen LogP contribution in [0, 0.1) is 11.8 Å². The predicted octanol–water partition coefficient (Wildman–Crippen LogP) is 3.16. The van der Waals surface area contributed by atoms with Gasteiger partial charge in [0.2, 0.25) is 5.91 Å². The monoisotopic (exact) mass is 466 g/mol. The number of carbonyl (C=O) groups is 3. The fourth-order valence-electron chi connectivity index (χ4n) is 4.75. The van der Waals surface area contributed by atoms with Crippen molar-refractivity contribution in [3.05, 3.63) is 59.7 Å². The lowest BCUT2D eigenvalue weighted by molar-refractivity contribution is -0.145. The molecule has 0 aromatic heterocycles. The normalized spacial score (nSPS) is 19.9. The van der Waals surface area contributed by atoms with Crippen LogP contribution in [0.1, 0.15) is 37.3 Å². The van der Waals surface area contributed by atoms with Gasteiger partial charge in [-0.05, 0) is 34.6 Å². The minimum Gasteiger partial charge on any atom is -0.480 e. The number of hydrogen-bond donors (Lipinski definition) is 3. The van der Waals surface area contributed by atoms with E-state index in [1.165, 1.54) is 0 Å². The maximum absolute atomic E-state index is 12.6. The van der Waals surface area contributed by atoms with Crippen LogP contribution in [0.2, 0.25) is 0 Å². The van der Waals surface area contributed by atoms with Gasteiger partial charge < -0.3 is 25.2 Å². The molecule has 0 spiro atoms. The minimum absolute atomic E-state index is 0.0320. The molecule has 1 aliphatic heterocycles. The second-order valence-corrected chi connectivity index (χ2v) is 9.12. The highest BCUT2D eigenvalue weighted by atomic mass is 16.5. The highest BCUT2D eigenvalue weighted by molar-refractivity contribution is 5.87. The minimum atomic E-state index is -1.09. The first-order valence-electron chi connectivity index (χ1n) is 11.6. The Morgan fingerprint density at radius 3 is 2.26 bits per heavy atom. The Balaban J connectivity index is 1.31. The summed E-state index contributed by atoms with van der Waals surface area (Å²) in [6.07, 6.45) is -0.783. The molecule has 1 aliphatic carbocycles. The van der Waals surface area contributed by atoms with Crippen LogP contribution in [0.4, 0.5) is 4.79 Å². The first-order chi connectivity index (χ1) is 16.4. The fourth-order valence-corrected chi connectivity index (χ4v) is 4.75. The van der Waals surface area contributed by atoms with Crippen molar-refractivity contribution in [1.29, 1.82) is 0 Å². The van der Waals surface area contributed by atoms with E-state index < -0.39 is 30.1 Å². The summed E-state index contributed by atoms with van der Waals surface area (Å²) in [5.74, 6) is -2.12. The Kier molecular flexibility index (Phi) is 7.17. The van der Waals surface area contributed by atoms with E-state index >= 15 is 0 Å². The van der Waals surface area contributed by atoms with Gasteiger partial charge in [-0.3, -0.25) is 4.79 Å². The summed E-state index contributed by atoms with van der Waals surface area (Å²) in [6.45, 7) is 4.23. The van der Waals surface area contributed by atoms with Crippen molar-refractivity contribution >= 4 is 18.0 Å². The highest BCUT2D eigenvalue weighted by Gasteiger charge is 2.37. The van der Waals surface area contributed by atoms with Crippen molar-refractivity contribution in [2.45, 2.75) is 38.3 Å². The highest BCUT2D eigenvalue weighted by Crippen LogP contribution is 2.44. The number of carboxylic acid groups (broad SMARTS) is 1. The molecular formula is C26H30N2O6. The summed E-state index contributed by atoms with van der Waals surface area (Å²) in [5, 5.41) is 14.6. The Labute approximate surface area is 198 Å². The van der Waals surface area contributed by atoms with Gasteiger partial charge in [-0.1, -0.05) is 62.4 Å². The molecule has 0 bridgehead atoms. The van der Waals surface area contributed by atoms with Crippen LogP contribution in [-0.2, 0) is 19.1 Å². The van der Waals surface area contributed by atoms with E-state index in [4.69, 9.17) is 9.47 Å². The van der Waals surface area contributed by atoms with Crippen molar-refractivity contribution in [1.82, 2.24) is 10.6 Å². The number of carboxylic acids is 1. The van der Waals surface area contributed by atoms with E-state index in [-0.39, 0.29) is 30.9 Å². The first-order valence-corrected chi connectivity index (χ1v) is 11.6. The third-order valence-corrected chi connectivity index (χ3v) is 6.56. The number of ether oxygens (including phenoxy) is 2. The number of rotatable bonds is 8. The number of fused-ring (bicyclic) bond motifs is 3. The molecule has 0 radical (unpaired) electrons. The lowest BCUT2D eigenvalue weighted by Crippen LogP contribution is -2.50. The largest absolute Gasteiger partial charge is 0.480 e. The van der Waals surface area contributed by atoms with Crippen molar-refractivity contribution < 1.29 is 29.0 Å². The van der Waals surface area contributed by atoms with Crippen LogP contribution in [0.25, 0.3) is 11.1 Å². The molecule has 8 nitrogen and oxygen atoms in total. The van der Waals surface area contributed by atoms with Crippen molar-refractivity contribution in [2.24, 2.45) is 11.8 Å². The summed E-state index contributed by atoms with van der Waals surface area (Å²) in [4.78, 5) is 36.5. The molecule has 34 heavy (non-hydrogen) atoms. The molecule has 1 heterocycles. The molecule has 3 N–H and O–H groups in total. The molecular weight excluding hydrogens is 436 g/mol. The Hall–Kier alpha value is -3.39. The molecule has 3 unspecified atom stereocenters. The topological polar surface area (TPSA) is 114 Å². The van der Waals surface area contributed by atoms with E-state index in [0.29, 0.717) is 13.0 Å². The van der Waals surface area contributed by atoms with Crippen LogP contribution in [0.15, 0.2) is 48.5 Å². The molecule has 2 aromatic carbocycles. The number of amides is 2. The summed E-state index contributed by atoms with van der Waals surface area (Å²) >= 11 is 0. The average Bonchev–Trinajstić information content (AvgIpc) is 3.42. The van der Waals surface area contributed by atoms with Crippen LogP contribution in [0.3, 0.4) is 0 Å². The lowest BCUT2D eigenvalue weighted by atomic mass is 9.98. The van der Waals surface area contributed by atoms with Gasteiger partial charge >= 0.3 is 12.1 Å². The van der Waals surface area contributed by atoms with E-state index in [1.807, 2.05) is 24.3 Å². The van der Waals surface area contributed by atoms with Crippen molar-refractivity contribution in [3.63, 3.8) is 0 Å². The maximum atomic E-state index is 12.6. The maximum Gasteiger partial charge on any atom is 0.407 e. The Morgan fingerprint density at radius 2 is 1.68 bits per heavy atom. The molecule has 8 heteroatoms. The van der Waals surface area contributed by atoms with Gasteiger partial charge in [0.1, 0.15) is 18.8 Å². The molecule has 2 aromatic rings. The molecule has 180 valence electrons. The third kappa shape index (κ3) is 4.92. The van der Waals surface area contributed by atoms with Gasteiger partial charge in [0.25, 0.3) is 0 Å². The Morgan fingerprint density at radius 1 is 1.06 bits per heavy atom. The number of alkyl carbamates (subject to hydrolysis) is 1. The van der Waals surface area contributed by atoms with Crippen LogP contribution in [0.5, 0.6) is 0 Å². The molecule has 2 aliphatic rings. The standard InChI is InChI=1S/C26H30N2O6/c1-15(2)22(25(30)31)28-24(29)23-16(11-12-33-23)13-27-26(32)34-14-21-19-9-5-3-7-17(19)18-8-4-6-10-20(18)21/h3-10,15-16,21-23H,11-14H2,1-2H3,(H,27,32)(H,28,29)(H,30,31). The number of aliphatic carboxylic acids is 1. The van der Waals surface area contributed by atoms with Gasteiger partial charge in [0, 0.05) is 25.0 Å². The van der Waals surface area contributed by atoms with Gasteiger partial charge in [0.15, 0.2) is 0 Å². The summed E-state index contributed by atoms with van der Waals surface area (Å²) in [5.41, 5.74) is 4.58. The lowest BCUT2D eigenvalue weighted by Gasteiger charge is -2.23. The second kappa shape index (κ2) is 10.3. The molecule has 3 atom stereocenters. The van der Waals surface area contributed by atoms with E-state index in [2.05, 4.69) is 34.9 Å². The van der Waals surface area contributed by atoms with Crippen LogP contribution >= 0.6 is 0 Å². The van der Waals surface area contributed by atoms with E-state index in [9.17, 15) is 19.5 Å². The first kappa shape index (κ1) is 23.8. The van der Waals surface area contributed by atoms with Gasteiger partial charge in [-0.15, -0.1) is 0 Å². The quantitative estimate of drug-likeness (QED) is 0.551. The van der Waals surface area contributed by atoms with E-state index in [0.717, 1.165) is 22.3 Å². The van der Waals surface area contributed by atoms with E-state index in [1.54, 1.807) is 13.8 Å².